The summed E-state index contributed by atoms with van der Waals surface area (Å²) in [4.78, 5) is 11.8. The van der Waals surface area contributed by atoms with E-state index in [1.54, 1.807) is 14.2 Å². The average Bonchev–Trinajstić information content (AvgIpc) is 3.48. The van der Waals surface area contributed by atoms with Crippen LogP contribution in [-0.4, -0.2) is 47.3 Å². The van der Waals surface area contributed by atoms with Crippen molar-refractivity contribution >= 4 is 10.9 Å². The van der Waals surface area contributed by atoms with Crippen molar-refractivity contribution in [3.63, 3.8) is 0 Å². The van der Waals surface area contributed by atoms with Gasteiger partial charge in [0.25, 0.3) is 0 Å². The van der Waals surface area contributed by atoms with Crippen molar-refractivity contribution in [2.24, 2.45) is 0 Å². The molecule has 7 heteroatoms. The molecule has 1 aliphatic rings. The maximum Gasteiger partial charge on any atom is 0.231 e. The van der Waals surface area contributed by atoms with Crippen LogP contribution in [0.4, 0.5) is 0 Å². The largest absolute Gasteiger partial charge is 0.497 e. The Hall–Kier alpha value is -3.45. The predicted octanol–water partition coefficient (Wildman–Crippen LogP) is 4.29. The molecule has 0 unspecified atom stereocenters. The number of hydrogen-bond donors (Lipinski definition) is 0. The van der Waals surface area contributed by atoms with Crippen molar-refractivity contribution in [3.8, 4) is 22.9 Å². The van der Waals surface area contributed by atoms with E-state index in [4.69, 9.17) is 19.0 Å². The molecule has 3 heterocycles. The fourth-order valence-electron chi connectivity index (χ4n) is 4.05. The molecule has 0 N–H and O–H groups in total. The van der Waals surface area contributed by atoms with Crippen LogP contribution < -0.4 is 9.47 Å². The monoisotopic (exact) mass is 416 g/mol. The molecule has 5 rings (SSSR count). The van der Waals surface area contributed by atoms with Gasteiger partial charge in [0.05, 0.1) is 31.3 Å². The molecule has 0 amide bonds. The fraction of sp³-hybridized carbons (Fsp3) is 0.292. The highest BCUT2D eigenvalue weighted by atomic mass is 16.5. The quantitative estimate of drug-likeness (QED) is 0.464. The minimum atomic E-state index is 0.233. The predicted molar refractivity (Wildman–Crippen MR) is 117 cm³/mol. The minimum absolute atomic E-state index is 0.233. The van der Waals surface area contributed by atoms with E-state index in [0.717, 1.165) is 59.7 Å². The Labute approximate surface area is 180 Å². The van der Waals surface area contributed by atoms with Gasteiger partial charge in [-0.1, -0.05) is 23.4 Å². The summed E-state index contributed by atoms with van der Waals surface area (Å²) in [5, 5.41) is 5.26. The Balaban J connectivity index is 1.26. The molecule has 0 saturated carbocycles. The number of nitrogens with zero attached hydrogens (tertiary/aromatic N) is 4. The van der Waals surface area contributed by atoms with Crippen LogP contribution in [0.2, 0.25) is 0 Å². The molecule has 1 saturated heterocycles. The first-order chi connectivity index (χ1) is 15.2. The van der Waals surface area contributed by atoms with Crippen molar-refractivity contribution in [2.75, 3.05) is 27.3 Å². The van der Waals surface area contributed by atoms with E-state index < -0.39 is 0 Å². The van der Waals surface area contributed by atoms with Gasteiger partial charge >= 0.3 is 0 Å². The van der Waals surface area contributed by atoms with Gasteiger partial charge in [0.15, 0.2) is 0 Å². The number of benzene rings is 2. The van der Waals surface area contributed by atoms with Crippen molar-refractivity contribution in [1.29, 1.82) is 0 Å². The first-order valence-electron chi connectivity index (χ1n) is 10.4. The zero-order valence-electron chi connectivity index (χ0n) is 17.6. The van der Waals surface area contributed by atoms with Gasteiger partial charge in [0.2, 0.25) is 11.7 Å². The average molecular weight is 416 g/mol. The molecule has 2 aromatic carbocycles. The number of pyridine rings is 1. The molecule has 158 valence electrons. The second-order valence-corrected chi connectivity index (χ2v) is 7.77. The maximum absolute atomic E-state index is 5.60. The number of ether oxygens (including phenoxy) is 2. The van der Waals surface area contributed by atoms with Crippen LogP contribution in [0, 0.1) is 0 Å². The van der Waals surface area contributed by atoms with E-state index in [1.165, 1.54) is 0 Å². The molecule has 1 fully saturated rings. The van der Waals surface area contributed by atoms with E-state index in [0.29, 0.717) is 11.7 Å². The number of aromatic nitrogens is 3. The lowest BCUT2D eigenvalue weighted by molar-refractivity contribution is 0.306. The van der Waals surface area contributed by atoms with Gasteiger partial charge in [-0.2, -0.15) is 4.98 Å². The summed E-state index contributed by atoms with van der Waals surface area (Å²) >= 11 is 0. The molecule has 0 bridgehead atoms. The lowest BCUT2D eigenvalue weighted by atomic mass is 10.1. The van der Waals surface area contributed by atoms with Gasteiger partial charge in [-0.15, -0.1) is 0 Å². The van der Waals surface area contributed by atoms with E-state index >= 15 is 0 Å². The van der Waals surface area contributed by atoms with Crippen LogP contribution >= 0.6 is 0 Å². The van der Waals surface area contributed by atoms with Gasteiger partial charge in [0, 0.05) is 24.0 Å². The molecular weight excluding hydrogens is 392 g/mol. The highest BCUT2D eigenvalue weighted by Crippen LogP contribution is 2.29. The summed E-state index contributed by atoms with van der Waals surface area (Å²) in [5.41, 5.74) is 2.93. The molecule has 1 aliphatic heterocycles. The Kier molecular flexibility index (Phi) is 5.26. The zero-order valence-corrected chi connectivity index (χ0v) is 17.6. The topological polar surface area (TPSA) is 73.5 Å². The van der Waals surface area contributed by atoms with Crippen LogP contribution in [0.15, 0.2) is 59.1 Å². The van der Waals surface area contributed by atoms with E-state index in [-0.39, 0.29) is 5.92 Å². The highest BCUT2D eigenvalue weighted by molar-refractivity contribution is 5.80. The minimum Gasteiger partial charge on any atom is -0.497 e. The highest BCUT2D eigenvalue weighted by Gasteiger charge is 2.28. The van der Waals surface area contributed by atoms with Crippen LogP contribution in [0.25, 0.3) is 22.3 Å². The van der Waals surface area contributed by atoms with Gasteiger partial charge in [0.1, 0.15) is 11.5 Å². The zero-order chi connectivity index (χ0) is 21.2. The summed E-state index contributed by atoms with van der Waals surface area (Å²) in [5.74, 6) is 3.14. The number of rotatable bonds is 6. The molecular formula is C24H24N4O3. The standard InChI is InChI=1S/C24H24N4O3/c1-29-20-5-3-4-17(13-20)23-26-24(31-27-23)18-10-11-28(14-18)15-19-7-6-16-12-21(30-2)8-9-22(16)25-19/h3-9,12-13,18H,10-11,14-15H2,1-2H3/t18-/m0/s1. The van der Waals surface area contributed by atoms with E-state index in [1.807, 2.05) is 42.5 Å². The number of fused-ring (bicyclic) bond motifs is 1. The fourth-order valence-corrected chi connectivity index (χ4v) is 4.05. The molecule has 0 spiro atoms. The first kappa shape index (κ1) is 19.5. The number of hydrogen-bond acceptors (Lipinski definition) is 7. The summed E-state index contributed by atoms with van der Waals surface area (Å²) in [6.07, 6.45) is 0.991. The van der Waals surface area contributed by atoms with Crippen LogP contribution in [0.1, 0.15) is 23.9 Å². The van der Waals surface area contributed by atoms with Crippen LogP contribution in [0.3, 0.4) is 0 Å². The van der Waals surface area contributed by atoms with Gasteiger partial charge in [-0.05, 0) is 49.4 Å². The third kappa shape index (κ3) is 4.09. The summed E-state index contributed by atoms with van der Waals surface area (Å²) < 4.78 is 16.2. The lowest BCUT2D eigenvalue weighted by Crippen LogP contribution is -2.20. The molecule has 7 nitrogen and oxygen atoms in total. The van der Waals surface area contributed by atoms with Crippen molar-refractivity contribution < 1.29 is 14.0 Å². The molecule has 0 radical (unpaired) electrons. The van der Waals surface area contributed by atoms with Crippen molar-refractivity contribution in [1.82, 2.24) is 20.0 Å². The van der Waals surface area contributed by atoms with E-state index in [9.17, 15) is 0 Å². The molecule has 31 heavy (non-hydrogen) atoms. The summed E-state index contributed by atoms with van der Waals surface area (Å²) in [6.45, 7) is 2.65. The number of methoxy groups -OCH3 is 2. The third-order valence-electron chi connectivity index (χ3n) is 5.73. The lowest BCUT2D eigenvalue weighted by Gasteiger charge is -2.15. The number of likely N-dealkylation sites (tertiary alicyclic amines) is 1. The van der Waals surface area contributed by atoms with Crippen LogP contribution in [0.5, 0.6) is 11.5 Å². The van der Waals surface area contributed by atoms with Crippen molar-refractivity contribution in [2.45, 2.75) is 18.9 Å². The van der Waals surface area contributed by atoms with Gasteiger partial charge in [-0.3, -0.25) is 9.88 Å². The second-order valence-electron chi connectivity index (χ2n) is 7.77. The smallest absolute Gasteiger partial charge is 0.231 e. The van der Waals surface area contributed by atoms with Crippen LogP contribution in [-0.2, 0) is 6.54 Å². The summed E-state index contributed by atoms with van der Waals surface area (Å²) in [7, 11) is 3.32. The molecule has 4 aromatic rings. The molecule has 0 aliphatic carbocycles. The van der Waals surface area contributed by atoms with Gasteiger partial charge in [-0.25, -0.2) is 0 Å². The maximum atomic E-state index is 5.60. The first-order valence-corrected chi connectivity index (χ1v) is 10.4. The Morgan fingerprint density at radius 3 is 2.74 bits per heavy atom. The molecule has 1 atom stereocenters. The Morgan fingerprint density at radius 2 is 1.87 bits per heavy atom. The Morgan fingerprint density at radius 1 is 1.00 bits per heavy atom. The van der Waals surface area contributed by atoms with Gasteiger partial charge < -0.3 is 14.0 Å². The van der Waals surface area contributed by atoms with Crippen molar-refractivity contribution in [3.05, 3.63) is 66.2 Å². The Bertz CT molecular complexity index is 1210. The second kappa shape index (κ2) is 8.35. The van der Waals surface area contributed by atoms with E-state index in [2.05, 4.69) is 27.2 Å². The third-order valence-corrected chi connectivity index (χ3v) is 5.73. The normalized spacial score (nSPS) is 16.6. The molecule has 2 aromatic heterocycles. The summed E-state index contributed by atoms with van der Waals surface area (Å²) in [6, 6.07) is 17.8. The SMILES string of the molecule is COc1cccc(-c2noc([C@H]3CCN(Cc4ccc5cc(OC)ccc5n4)C3)n2)c1.